The number of pyridine rings is 1. The quantitative estimate of drug-likeness (QED) is 0.353. The second-order valence-electron chi connectivity index (χ2n) is 7.52. The molecular weight excluding hydrogens is 387 g/mol. The van der Waals surface area contributed by atoms with E-state index in [-0.39, 0.29) is 17.5 Å². The van der Waals surface area contributed by atoms with Crippen LogP contribution in [0.4, 0.5) is 24.5 Å². The van der Waals surface area contributed by atoms with Crippen molar-refractivity contribution >= 4 is 44.2 Å². The Bertz CT molecular complexity index is 1450. The Labute approximate surface area is 171 Å². The van der Waals surface area contributed by atoms with Crippen molar-refractivity contribution in [2.24, 2.45) is 14.1 Å². The van der Waals surface area contributed by atoms with Crippen LogP contribution in [0, 0.1) is 17.5 Å². The molecule has 5 aromatic rings. The predicted octanol–water partition coefficient (Wildman–Crippen LogP) is 5.49. The molecule has 6 heteroatoms. The van der Waals surface area contributed by atoms with Gasteiger partial charge in [0.15, 0.2) is 0 Å². The highest BCUT2D eigenvalue weighted by Crippen LogP contribution is 2.40. The van der Waals surface area contributed by atoms with Crippen LogP contribution in [0.1, 0.15) is 0 Å². The van der Waals surface area contributed by atoms with E-state index in [9.17, 15) is 13.2 Å². The normalized spacial score (nSPS) is 11.7. The second kappa shape index (κ2) is 6.49. The molecule has 0 unspecified atom stereocenters. The summed E-state index contributed by atoms with van der Waals surface area (Å²) in [6.45, 7) is 0. The molecule has 0 fully saturated rings. The minimum Gasteiger partial charge on any atom is -0.342 e. The lowest BCUT2D eigenvalue weighted by molar-refractivity contribution is -0.616. The number of anilines is 2. The molecule has 0 aliphatic rings. The summed E-state index contributed by atoms with van der Waals surface area (Å²) in [4.78, 5) is 1.92. The van der Waals surface area contributed by atoms with E-state index in [0.29, 0.717) is 5.39 Å². The number of nitrogens with zero attached hydrogens (tertiary/aromatic N) is 3. The maximum absolute atomic E-state index is 14.3. The summed E-state index contributed by atoms with van der Waals surface area (Å²) in [6, 6.07) is 15.5. The molecule has 0 aliphatic carbocycles. The maximum atomic E-state index is 14.3. The van der Waals surface area contributed by atoms with Gasteiger partial charge < -0.3 is 9.47 Å². The van der Waals surface area contributed by atoms with E-state index in [1.165, 1.54) is 36.4 Å². The molecule has 0 bridgehead atoms. The third kappa shape index (κ3) is 2.56. The molecule has 0 N–H and O–H groups in total. The van der Waals surface area contributed by atoms with Crippen molar-refractivity contribution in [2.75, 3.05) is 11.9 Å². The number of hydrogen-bond acceptors (Lipinski definition) is 1. The molecule has 3 nitrogen and oxygen atoms in total. The van der Waals surface area contributed by atoms with Crippen LogP contribution in [0.2, 0.25) is 0 Å². The van der Waals surface area contributed by atoms with Gasteiger partial charge in [-0.2, -0.15) is 4.57 Å². The summed E-state index contributed by atoms with van der Waals surface area (Å²) < 4.78 is 45.9. The zero-order chi connectivity index (χ0) is 21.2. The fraction of sp³-hybridized carbons (Fsp3) is 0.125. The lowest BCUT2D eigenvalue weighted by atomic mass is 10.1. The lowest BCUT2D eigenvalue weighted by Gasteiger charge is -2.22. The molecule has 2 heterocycles. The summed E-state index contributed by atoms with van der Waals surface area (Å²) in [5, 5.41) is 1.48. The van der Waals surface area contributed by atoms with Gasteiger partial charge >= 0.3 is 0 Å². The highest BCUT2D eigenvalue weighted by molar-refractivity contribution is 6.14. The largest absolute Gasteiger partial charge is 0.342 e. The van der Waals surface area contributed by atoms with Crippen LogP contribution in [-0.4, -0.2) is 11.6 Å². The smallest absolute Gasteiger partial charge is 0.241 e. The van der Waals surface area contributed by atoms with Crippen molar-refractivity contribution in [1.29, 1.82) is 0 Å². The van der Waals surface area contributed by atoms with Crippen molar-refractivity contribution in [3.63, 3.8) is 0 Å². The van der Waals surface area contributed by atoms with Crippen LogP contribution in [0.5, 0.6) is 0 Å². The van der Waals surface area contributed by atoms with Crippen LogP contribution in [0.3, 0.4) is 0 Å². The van der Waals surface area contributed by atoms with Crippen LogP contribution < -0.4 is 9.47 Å². The fourth-order valence-electron chi connectivity index (χ4n) is 4.38. The Balaban J connectivity index is 2.00. The number of hydrogen-bond donors (Lipinski definition) is 0. The van der Waals surface area contributed by atoms with Gasteiger partial charge in [-0.1, -0.05) is 0 Å². The molecule has 0 aliphatic heterocycles. The van der Waals surface area contributed by atoms with Gasteiger partial charge in [-0.15, -0.1) is 0 Å². The second-order valence-corrected chi connectivity index (χ2v) is 7.52. The molecule has 30 heavy (non-hydrogen) atoms. The number of fused-ring (bicyclic) bond motifs is 4. The van der Waals surface area contributed by atoms with Crippen molar-refractivity contribution in [1.82, 2.24) is 4.57 Å². The van der Waals surface area contributed by atoms with Gasteiger partial charge in [0, 0.05) is 25.8 Å². The van der Waals surface area contributed by atoms with E-state index in [4.69, 9.17) is 0 Å². The number of halogens is 3. The molecule has 0 radical (unpaired) electrons. The molecule has 3 aromatic carbocycles. The third-order valence-corrected chi connectivity index (χ3v) is 5.82. The molecule has 2 aromatic heterocycles. The van der Waals surface area contributed by atoms with Crippen LogP contribution in [-0.2, 0) is 14.1 Å². The molecule has 0 amide bonds. The number of benzene rings is 3. The molecule has 0 spiro atoms. The van der Waals surface area contributed by atoms with Crippen molar-refractivity contribution in [2.45, 2.75) is 0 Å². The standard InChI is InChI=1S/C24H19F3N3/c1-28(17-8-4-14(25)5-9-17)22-18-12-15(26)6-10-20(18)29(2)23-19-13-16(27)7-11-21(19)30(3)24(22)23/h4-13H,1-3H3/q+1. The van der Waals surface area contributed by atoms with Crippen molar-refractivity contribution in [3.05, 3.63) is 78.1 Å². The van der Waals surface area contributed by atoms with E-state index < -0.39 is 0 Å². The first-order chi connectivity index (χ1) is 14.4. The summed E-state index contributed by atoms with van der Waals surface area (Å²) >= 11 is 0. The number of aryl methyl sites for hydroxylation is 2. The summed E-state index contributed by atoms with van der Waals surface area (Å²) in [6.07, 6.45) is 0. The Morgan fingerprint density at radius 2 is 1.40 bits per heavy atom. The Morgan fingerprint density at radius 1 is 0.800 bits per heavy atom. The molecule has 5 rings (SSSR count). The van der Waals surface area contributed by atoms with Gasteiger partial charge in [-0.3, -0.25) is 0 Å². The first-order valence-electron chi connectivity index (χ1n) is 9.55. The third-order valence-electron chi connectivity index (χ3n) is 5.82. The molecule has 0 atom stereocenters. The zero-order valence-corrected chi connectivity index (χ0v) is 16.7. The van der Waals surface area contributed by atoms with Crippen molar-refractivity contribution < 1.29 is 17.7 Å². The van der Waals surface area contributed by atoms with E-state index in [2.05, 4.69) is 0 Å². The maximum Gasteiger partial charge on any atom is 0.241 e. The van der Waals surface area contributed by atoms with Gasteiger partial charge in [0.25, 0.3) is 0 Å². The zero-order valence-electron chi connectivity index (χ0n) is 16.7. The first-order valence-corrected chi connectivity index (χ1v) is 9.55. The molecule has 0 saturated heterocycles. The minimum absolute atomic E-state index is 0.317. The van der Waals surface area contributed by atoms with Gasteiger partial charge in [-0.05, 0) is 54.6 Å². The minimum atomic E-state index is -0.347. The molecular formula is C24H19F3N3+. The van der Waals surface area contributed by atoms with Crippen molar-refractivity contribution in [3.8, 4) is 0 Å². The van der Waals surface area contributed by atoms with E-state index in [0.717, 1.165) is 38.8 Å². The van der Waals surface area contributed by atoms with Gasteiger partial charge in [-0.25, -0.2) is 13.2 Å². The first kappa shape index (κ1) is 18.5. The topological polar surface area (TPSA) is 12.1 Å². The summed E-state index contributed by atoms with van der Waals surface area (Å²) in [5.74, 6) is -0.990. The van der Waals surface area contributed by atoms with E-state index in [1.807, 2.05) is 35.2 Å². The fourth-order valence-corrected chi connectivity index (χ4v) is 4.38. The molecule has 0 saturated carbocycles. The number of aromatic nitrogens is 2. The highest BCUT2D eigenvalue weighted by atomic mass is 19.1. The van der Waals surface area contributed by atoms with Gasteiger partial charge in [0.2, 0.25) is 11.0 Å². The van der Waals surface area contributed by atoms with Crippen LogP contribution in [0.25, 0.3) is 32.8 Å². The average Bonchev–Trinajstić information content (AvgIpc) is 3.00. The van der Waals surface area contributed by atoms with E-state index >= 15 is 0 Å². The molecule has 150 valence electrons. The monoisotopic (exact) mass is 406 g/mol. The van der Waals surface area contributed by atoms with Gasteiger partial charge in [0.05, 0.1) is 22.0 Å². The lowest BCUT2D eigenvalue weighted by Crippen LogP contribution is -2.31. The van der Waals surface area contributed by atoms with Gasteiger partial charge in [0.1, 0.15) is 30.0 Å². The Morgan fingerprint density at radius 3 is 2.10 bits per heavy atom. The van der Waals surface area contributed by atoms with Crippen LogP contribution >= 0.6 is 0 Å². The number of rotatable bonds is 2. The summed E-state index contributed by atoms with van der Waals surface area (Å²) in [7, 11) is 5.68. The summed E-state index contributed by atoms with van der Waals surface area (Å²) in [5.41, 5.74) is 4.88. The Kier molecular flexibility index (Phi) is 4.00. The van der Waals surface area contributed by atoms with E-state index in [1.54, 1.807) is 24.3 Å². The van der Waals surface area contributed by atoms with Crippen LogP contribution in [0.15, 0.2) is 60.7 Å². The Hall–Kier alpha value is -3.54. The average molecular weight is 406 g/mol. The predicted molar refractivity (Wildman–Crippen MR) is 113 cm³/mol. The highest BCUT2D eigenvalue weighted by Gasteiger charge is 2.27. The SMILES string of the molecule is CN(c1ccc(F)cc1)c1c2cc(F)ccc2[n+](C)c2c3cc(F)ccc3n(C)c12.